The van der Waals surface area contributed by atoms with Crippen molar-refractivity contribution in [1.82, 2.24) is 4.90 Å². The molecule has 2 amide bonds. The Kier molecular flexibility index (Phi) is 4.23. The zero-order valence-electron chi connectivity index (χ0n) is 11.4. The number of carbonyl (C=O) groups is 3. The Morgan fingerprint density at radius 3 is 2.48 bits per heavy atom. The summed E-state index contributed by atoms with van der Waals surface area (Å²) >= 11 is 0. The number of carboxylic acid groups (broad SMARTS) is 1. The van der Waals surface area contributed by atoms with E-state index in [-0.39, 0.29) is 6.54 Å². The number of fused-ring (bicyclic) bond motifs is 1. The lowest BCUT2D eigenvalue weighted by Crippen LogP contribution is -2.55. The zero-order chi connectivity index (χ0) is 15.6. The highest BCUT2D eigenvalue weighted by Crippen LogP contribution is 2.24. The van der Waals surface area contributed by atoms with Gasteiger partial charge < -0.3 is 21.5 Å². The van der Waals surface area contributed by atoms with Crippen molar-refractivity contribution in [2.45, 2.75) is 31.5 Å². The first-order valence-electron chi connectivity index (χ1n) is 6.54. The molecule has 1 aromatic rings. The second kappa shape index (κ2) is 5.92. The molecule has 0 saturated heterocycles. The summed E-state index contributed by atoms with van der Waals surface area (Å²) in [5, 5.41) is 8.72. The number of carbonyl (C=O) groups excluding carboxylic acids is 2. The fourth-order valence-corrected chi connectivity index (χ4v) is 2.50. The van der Waals surface area contributed by atoms with Gasteiger partial charge >= 0.3 is 5.97 Å². The number of aliphatic carboxylic acids is 1. The average Bonchev–Trinajstić information content (AvgIpc) is 2.44. The SMILES string of the molecule is NC(=O)[C@@H]1Cc2ccccc2CN1C(=O)C(N)CC(=O)O. The number of benzene rings is 1. The quantitative estimate of drug-likeness (QED) is 0.671. The average molecular weight is 291 g/mol. The van der Waals surface area contributed by atoms with Gasteiger partial charge in [0.15, 0.2) is 0 Å². The molecule has 0 aromatic heterocycles. The Balaban J connectivity index is 2.26. The lowest BCUT2D eigenvalue weighted by molar-refractivity contribution is -0.145. The number of carboxylic acids is 1. The molecule has 0 fully saturated rings. The van der Waals surface area contributed by atoms with E-state index in [2.05, 4.69) is 0 Å². The van der Waals surface area contributed by atoms with E-state index in [0.29, 0.717) is 6.42 Å². The smallest absolute Gasteiger partial charge is 0.305 e. The molecule has 1 unspecified atom stereocenters. The molecule has 0 saturated carbocycles. The second-order valence-electron chi connectivity index (χ2n) is 5.06. The van der Waals surface area contributed by atoms with Gasteiger partial charge in [0.25, 0.3) is 0 Å². The van der Waals surface area contributed by atoms with E-state index in [0.717, 1.165) is 11.1 Å². The van der Waals surface area contributed by atoms with Crippen molar-refractivity contribution in [3.05, 3.63) is 35.4 Å². The molecule has 5 N–H and O–H groups in total. The standard InChI is InChI=1S/C14H17N3O4/c15-10(6-12(18)19)14(21)17-7-9-4-2-1-3-8(9)5-11(17)13(16)20/h1-4,10-11H,5-7,15H2,(H2,16,20)(H,18,19)/t10?,11-/m0/s1. The van der Waals surface area contributed by atoms with Crippen molar-refractivity contribution >= 4 is 17.8 Å². The molecular weight excluding hydrogens is 274 g/mol. The third-order valence-corrected chi connectivity index (χ3v) is 3.57. The van der Waals surface area contributed by atoms with E-state index in [1.165, 1.54) is 4.90 Å². The summed E-state index contributed by atoms with van der Waals surface area (Å²) in [6.45, 7) is 0.204. The molecule has 2 atom stereocenters. The minimum absolute atomic E-state index is 0.204. The third kappa shape index (κ3) is 3.19. The Labute approximate surface area is 121 Å². The van der Waals surface area contributed by atoms with Gasteiger partial charge in [-0.3, -0.25) is 14.4 Å². The zero-order valence-corrected chi connectivity index (χ0v) is 11.4. The van der Waals surface area contributed by atoms with Crippen LogP contribution in [0.1, 0.15) is 17.5 Å². The predicted molar refractivity (Wildman–Crippen MR) is 73.9 cm³/mol. The maximum absolute atomic E-state index is 12.3. The van der Waals surface area contributed by atoms with Crippen LogP contribution >= 0.6 is 0 Å². The molecule has 0 radical (unpaired) electrons. The summed E-state index contributed by atoms with van der Waals surface area (Å²) in [6, 6.07) is 5.44. The van der Waals surface area contributed by atoms with Crippen LogP contribution in [0, 0.1) is 0 Å². The molecule has 7 nitrogen and oxygen atoms in total. The van der Waals surface area contributed by atoms with E-state index in [1.807, 2.05) is 24.3 Å². The fourth-order valence-electron chi connectivity index (χ4n) is 2.50. The van der Waals surface area contributed by atoms with Crippen molar-refractivity contribution in [2.75, 3.05) is 0 Å². The van der Waals surface area contributed by atoms with Crippen LogP contribution < -0.4 is 11.5 Å². The summed E-state index contributed by atoms with van der Waals surface area (Å²) in [5.41, 5.74) is 12.8. The molecular formula is C14H17N3O4. The monoisotopic (exact) mass is 291 g/mol. The minimum atomic E-state index is -1.19. The first-order chi connectivity index (χ1) is 9.90. The Hall–Kier alpha value is -2.41. The molecule has 1 aromatic carbocycles. The number of hydrogen-bond donors (Lipinski definition) is 3. The first-order valence-corrected chi connectivity index (χ1v) is 6.54. The van der Waals surface area contributed by atoms with Gasteiger partial charge in [-0.1, -0.05) is 24.3 Å². The van der Waals surface area contributed by atoms with Crippen LogP contribution in [-0.4, -0.2) is 39.9 Å². The maximum Gasteiger partial charge on any atom is 0.305 e. The van der Waals surface area contributed by atoms with Crippen molar-refractivity contribution in [1.29, 1.82) is 0 Å². The van der Waals surface area contributed by atoms with Crippen LogP contribution in [0.3, 0.4) is 0 Å². The second-order valence-corrected chi connectivity index (χ2v) is 5.06. The molecule has 1 aliphatic rings. The van der Waals surface area contributed by atoms with Gasteiger partial charge in [-0.15, -0.1) is 0 Å². The van der Waals surface area contributed by atoms with Gasteiger partial charge in [-0.25, -0.2) is 0 Å². The largest absolute Gasteiger partial charge is 0.481 e. The third-order valence-electron chi connectivity index (χ3n) is 3.57. The van der Waals surface area contributed by atoms with Crippen molar-refractivity contribution in [3.63, 3.8) is 0 Å². The molecule has 7 heteroatoms. The molecule has 112 valence electrons. The van der Waals surface area contributed by atoms with Crippen LogP contribution in [0.2, 0.25) is 0 Å². The van der Waals surface area contributed by atoms with E-state index < -0.39 is 36.3 Å². The molecule has 0 aliphatic carbocycles. The van der Waals surface area contributed by atoms with Crippen LogP contribution in [-0.2, 0) is 27.3 Å². The number of nitrogens with two attached hydrogens (primary N) is 2. The van der Waals surface area contributed by atoms with Gasteiger partial charge in [0.05, 0.1) is 12.5 Å². The topological polar surface area (TPSA) is 127 Å². The van der Waals surface area contributed by atoms with Crippen LogP contribution in [0.25, 0.3) is 0 Å². The lowest BCUT2D eigenvalue weighted by atomic mass is 9.93. The van der Waals surface area contributed by atoms with Crippen molar-refractivity contribution in [3.8, 4) is 0 Å². The van der Waals surface area contributed by atoms with Crippen molar-refractivity contribution in [2.24, 2.45) is 11.5 Å². The van der Waals surface area contributed by atoms with E-state index in [9.17, 15) is 14.4 Å². The van der Waals surface area contributed by atoms with Crippen molar-refractivity contribution < 1.29 is 19.5 Å². The van der Waals surface area contributed by atoms with Crippen LogP contribution in [0.15, 0.2) is 24.3 Å². The number of hydrogen-bond acceptors (Lipinski definition) is 4. The first kappa shape index (κ1) is 15.0. The van der Waals surface area contributed by atoms with Gasteiger partial charge in [0.1, 0.15) is 6.04 Å². The summed E-state index contributed by atoms with van der Waals surface area (Å²) in [6.07, 6.45) is -0.167. The Morgan fingerprint density at radius 2 is 1.90 bits per heavy atom. The number of amides is 2. The summed E-state index contributed by atoms with van der Waals surface area (Å²) in [7, 11) is 0. The van der Waals surface area contributed by atoms with Gasteiger partial charge in [0, 0.05) is 13.0 Å². The minimum Gasteiger partial charge on any atom is -0.481 e. The molecule has 2 rings (SSSR count). The summed E-state index contributed by atoms with van der Waals surface area (Å²) in [4.78, 5) is 35.8. The normalized spacial score (nSPS) is 18.7. The predicted octanol–water partition coefficient (Wildman–Crippen LogP) is -0.773. The summed E-state index contributed by atoms with van der Waals surface area (Å²) < 4.78 is 0. The highest BCUT2D eigenvalue weighted by atomic mass is 16.4. The van der Waals surface area contributed by atoms with E-state index in [1.54, 1.807) is 0 Å². The lowest BCUT2D eigenvalue weighted by Gasteiger charge is -2.36. The Morgan fingerprint density at radius 1 is 1.29 bits per heavy atom. The molecule has 1 aliphatic heterocycles. The van der Waals surface area contributed by atoms with Gasteiger partial charge in [-0.2, -0.15) is 0 Å². The summed E-state index contributed by atoms with van der Waals surface area (Å²) in [5.74, 6) is -2.36. The van der Waals surface area contributed by atoms with Gasteiger partial charge in [0.2, 0.25) is 11.8 Å². The fraction of sp³-hybridized carbons (Fsp3) is 0.357. The Bertz CT molecular complexity index is 587. The molecule has 0 spiro atoms. The number of primary amides is 1. The van der Waals surface area contributed by atoms with Crippen LogP contribution in [0.5, 0.6) is 0 Å². The maximum atomic E-state index is 12.3. The molecule has 1 heterocycles. The van der Waals surface area contributed by atoms with Crippen LogP contribution in [0.4, 0.5) is 0 Å². The number of rotatable bonds is 4. The van der Waals surface area contributed by atoms with Gasteiger partial charge in [-0.05, 0) is 11.1 Å². The number of nitrogens with zero attached hydrogens (tertiary/aromatic N) is 1. The van der Waals surface area contributed by atoms with E-state index in [4.69, 9.17) is 16.6 Å². The highest BCUT2D eigenvalue weighted by molar-refractivity contribution is 5.91. The molecule has 0 bridgehead atoms. The van der Waals surface area contributed by atoms with E-state index >= 15 is 0 Å². The molecule has 21 heavy (non-hydrogen) atoms. The highest BCUT2D eigenvalue weighted by Gasteiger charge is 2.35.